The van der Waals surface area contributed by atoms with E-state index in [1.807, 2.05) is 25.1 Å². The first-order valence-corrected chi connectivity index (χ1v) is 6.49. The Morgan fingerprint density at radius 1 is 1.19 bits per heavy atom. The van der Waals surface area contributed by atoms with Gasteiger partial charge in [0.1, 0.15) is 0 Å². The van der Waals surface area contributed by atoms with Crippen molar-refractivity contribution in [2.45, 2.75) is 38.2 Å². The van der Waals surface area contributed by atoms with Gasteiger partial charge in [0.05, 0.1) is 10.0 Å². The van der Waals surface area contributed by atoms with Crippen molar-refractivity contribution in [3.63, 3.8) is 0 Å². The van der Waals surface area contributed by atoms with Crippen molar-refractivity contribution in [2.75, 3.05) is 0 Å². The van der Waals surface area contributed by atoms with Crippen molar-refractivity contribution in [3.05, 3.63) is 33.8 Å². The minimum atomic E-state index is 0.191. The fourth-order valence-corrected chi connectivity index (χ4v) is 2.10. The van der Waals surface area contributed by atoms with Crippen LogP contribution in [0, 0.1) is 0 Å². The Kier molecular flexibility index (Phi) is 5.91. The van der Waals surface area contributed by atoms with Crippen molar-refractivity contribution in [3.8, 4) is 0 Å². The second-order valence-electron chi connectivity index (χ2n) is 4.05. The molecular weight excluding hydrogens is 264 g/mol. The topological polar surface area (TPSA) is 12.0 Å². The zero-order valence-electron chi connectivity index (χ0n) is 9.43. The Morgan fingerprint density at radius 2 is 1.88 bits per heavy atom. The molecule has 0 bridgehead atoms. The molecule has 1 aromatic rings. The lowest BCUT2D eigenvalue weighted by Crippen LogP contribution is -2.27. The van der Waals surface area contributed by atoms with Crippen molar-refractivity contribution >= 4 is 34.8 Å². The van der Waals surface area contributed by atoms with Crippen LogP contribution in [0.25, 0.3) is 0 Å². The third kappa shape index (κ3) is 4.92. The molecule has 2 atom stereocenters. The van der Waals surface area contributed by atoms with E-state index in [4.69, 9.17) is 34.8 Å². The van der Waals surface area contributed by atoms with Gasteiger partial charge in [0.25, 0.3) is 0 Å². The first-order chi connectivity index (χ1) is 7.49. The summed E-state index contributed by atoms with van der Waals surface area (Å²) in [6.07, 6.45) is 0.947. The van der Waals surface area contributed by atoms with Gasteiger partial charge in [-0.3, -0.25) is 0 Å². The van der Waals surface area contributed by atoms with Gasteiger partial charge in [0.2, 0.25) is 0 Å². The second-order valence-corrected chi connectivity index (χ2v) is 5.61. The van der Waals surface area contributed by atoms with E-state index < -0.39 is 0 Å². The molecule has 1 N–H and O–H groups in total. The summed E-state index contributed by atoms with van der Waals surface area (Å²) in [6.45, 7) is 4.90. The Morgan fingerprint density at radius 3 is 2.44 bits per heavy atom. The van der Waals surface area contributed by atoms with E-state index in [-0.39, 0.29) is 5.38 Å². The van der Waals surface area contributed by atoms with Crippen LogP contribution >= 0.6 is 34.8 Å². The molecule has 4 heteroatoms. The van der Waals surface area contributed by atoms with Crippen LogP contribution in [0.4, 0.5) is 0 Å². The number of rotatable bonds is 5. The fourth-order valence-electron chi connectivity index (χ4n) is 1.51. The quantitative estimate of drug-likeness (QED) is 0.784. The van der Waals surface area contributed by atoms with Gasteiger partial charge in [-0.05, 0) is 38.0 Å². The highest BCUT2D eigenvalue weighted by atomic mass is 35.5. The van der Waals surface area contributed by atoms with Gasteiger partial charge < -0.3 is 5.32 Å². The highest BCUT2D eigenvalue weighted by molar-refractivity contribution is 6.42. The standard InChI is InChI=1S/C12H16Cl3N/c1-8(13)5-9(2)16-7-10-3-4-11(14)12(15)6-10/h3-4,6,8-9,16H,5,7H2,1-2H3. The Hall–Kier alpha value is 0.0500. The Labute approximate surface area is 112 Å². The van der Waals surface area contributed by atoms with E-state index in [9.17, 15) is 0 Å². The molecule has 0 saturated heterocycles. The molecule has 2 unspecified atom stereocenters. The van der Waals surface area contributed by atoms with Crippen molar-refractivity contribution in [1.29, 1.82) is 0 Å². The summed E-state index contributed by atoms with van der Waals surface area (Å²) in [4.78, 5) is 0. The first-order valence-electron chi connectivity index (χ1n) is 5.30. The maximum absolute atomic E-state index is 5.93. The summed E-state index contributed by atoms with van der Waals surface area (Å²) in [5.41, 5.74) is 1.13. The van der Waals surface area contributed by atoms with E-state index in [0.29, 0.717) is 16.1 Å². The van der Waals surface area contributed by atoms with E-state index in [1.165, 1.54) is 0 Å². The van der Waals surface area contributed by atoms with Crippen LogP contribution in [0.3, 0.4) is 0 Å². The van der Waals surface area contributed by atoms with Gasteiger partial charge in [0.15, 0.2) is 0 Å². The van der Waals surface area contributed by atoms with Gasteiger partial charge in [-0.25, -0.2) is 0 Å². The predicted octanol–water partition coefficient (Wildman–Crippen LogP) is 4.49. The zero-order chi connectivity index (χ0) is 12.1. The molecule has 90 valence electrons. The number of benzene rings is 1. The molecule has 0 spiro atoms. The van der Waals surface area contributed by atoms with Crippen molar-refractivity contribution < 1.29 is 0 Å². The van der Waals surface area contributed by atoms with Crippen LogP contribution in [0.15, 0.2) is 18.2 Å². The summed E-state index contributed by atoms with van der Waals surface area (Å²) in [7, 11) is 0. The van der Waals surface area contributed by atoms with E-state index >= 15 is 0 Å². The summed E-state index contributed by atoms with van der Waals surface area (Å²) in [5, 5.41) is 4.77. The molecule has 0 radical (unpaired) electrons. The molecule has 0 saturated carbocycles. The number of hydrogen-bond acceptors (Lipinski definition) is 1. The number of halogens is 3. The van der Waals surface area contributed by atoms with E-state index in [2.05, 4.69) is 12.2 Å². The predicted molar refractivity (Wildman–Crippen MR) is 72.7 cm³/mol. The Balaban J connectivity index is 2.45. The number of alkyl halides is 1. The van der Waals surface area contributed by atoms with Gasteiger partial charge in [-0.1, -0.05) is 29.3 Å². The first kappa shape index (κ1) is 14.1. The molecule has 0 heterocycles. The molecule has 0 aliphatic rings. The van der Waals surface area contributed by atoms with Crippen molar-refractivity contribution in [2.24, 2.45) is 0 Å². The van der Waals surface area contributed by atoms with Gasteiger partial charge in [-0.2, -0.15) is 0 Å². The average Bonchev–Trinajstić information content (AvgIpc) is 2.19. The maximum Gasteiger partial charge on any atom is 0.0595 e. The molecule has 0 amide bonds. The zero-order valence-corrected chi connectivity index (χ0v) is 11.7. The average molecular weight is 281 g/mol. The molecule has 0 aliphatic carbocycles. The van der Waals surface area contributed by atoms with Gasteiger partial charge >= 0.3 is 0 Å². The molecule has 16 heavy (non-hydrogen) atoms. The lowest BCUT2D eigenvalue weighted by Gasteiger charge is -2.15. The minimum Gasteiger partial charge on any atom is -0.310 e. The van der Waals surface area contributed by atoms with Gasteiger partial charge in [-0.15, -0.1) is 11.6 Å². The number of hydrogen-bond donors (Lipinski definition) is 1. The molecule has 1 aromatic carbocycles. The molecule has 1 nitrogen and oxygen atoms in total. The third-order valence-electron chi connectivity index (χ3n) is 2.32. The van der Waals surface area contributed by atoms with Crippen LogP contribution in [-0.4, -0.2) is 11.4 Å². The molecular formula is C12H16Cl3N. The van der Waals surface area contributed by atoms with Crippen LogP contribution in [0.1, 0.15) is 25.8 Å². The Bertz CT molecular complexity index is 339. The van der Waals surface area contributed by atoms with Crippen LogP contribution in [-0.2, 0) is 6.54 Å². The molecule has 0 fully saturated rings. The van der Waals surface area contributed by atoms with E-state index in [1.54, 1.807) is 0 Å². The van der Waals surface area contributed by atoms with Crippen LogP contribution < -0.4 is 5.32 Å². The van der Waals surface area contributed by atoms with Gasteiger partial charge in [0, 0.05) is 18.0 Å². The third-order valence-corrected chi connectivity index (χ3v) is 3.23. The van der Waals surface area contributed by atoms with Crippen molar-refractivity contribution in [1.82, 2.24) is 5.32 Å². The summed E-state index contributed by atoms with van der Waals surface area (Å²) < 4.78 is 0. The highest BCUT2D eigenvalue weighted by Crippen LogP contribution is 2.22. The smallest absolute Gasteiger partial charge is 0.0595 e. The highest BCUT2D eigenvalue weighted by Gasteiger charge is 2.06. The second kappa shape index (κ2) is 6.70. The molecule has 0 aromatic heterocycles. The normalized spacial score (nSPS) is 14.8. The summed E-state index contributed by atoms with van der Waals surface area (Å²) >= 11 is 17.7. The largest absolute Gasteiger partial charge is 0.310 e. The molecule has 0 aliphatic heterocycles. The number of nitrogens with one attached hydrogen (secondary N) is 1. The molecule has 1 rings (SSSR count). The lowest BCUT2D eigenvalue weighted by molar-refractivity contribution is 0.511. The fraction of sp³-hybridized carbons (Fsp3) is 0.500. The lowest BCUT2D eigenvalue weighted by atomic mass is 10.1. The summed E-state index contributed by atoms with van der Waals surface area (Å²) in [5.74, 6) is 0. The monoisotopic (exact) mass is 279 g/mol. The summed E-state index contributed by atoms with van der Waals surface area (Å²) in [6, 6.07) is 6.06. The van der Waals surface area contributed by atoms with E-state index in [0.717, 1.165) is 18.5 Å². The maximum atomic E-state index is 5.93. The minimum absolute atomic E-state index is 0.191. The van der Waals surface area contributed by atoms with Crippen LogP contribution in [0.2, 0.25) is 10.0 Å². The SMILES string of the molecule is CC(Cl)CC(C)NCc1ccc(Cl)c(Cl)c1. The van der Waals surface area contributed by atoms with Crippen LogP contribution in [0.5, 0.6) is 0 Å².